The molecule has 0 spiro atoms. The van der Waals surface area contributed by atoms with Gasteiger partial charge in [0.25, 0.3) is 0 Å². The number of para-hydroxylation sites is 1. The first-order chi connectivity index (χ1) is 13.9. The Morgan fingerprint density at radius 2 is 1.52 bits per heavy atom. The fraction of sp³-hybridized carbons (Fsp3) is 0.208. The molecule has 0 fully saturated rings. The first-order valence-electron chi connectivity index (χ1n) is 9.48. The van der Waals surface area contributed by atoms with E-state index in [-0.39, 0.29) is 11.9 Å². The van der Waals surface area contributed by atoms with Crippen LogP contribution in [0.25, 0.3) is 0 Å². The van der Waals surface area contributed by atoms with Crippen LogP contribution in [-0.2, 0) is 9.53 Å². The number of ether oxygens (including phenoxy) is 2. The summed E-state index contributed by atoms with van der Waals surface area (Å²) in [5.41, 5.74) is 7.69. The van der Waals surface area contributed by atoms with Crippen molar-refractivity contribution in [3.8, 4) is 11.5 Å². The molecule has 150 valence electrons. The van der Waals surface area contributed by atoms with Gasteiger partial charge in [-0.2, -0.15) is 0 Å². The minimum atomic E-state index is -0.893. The lowest BCUT2D eigenvalue weighted by atomic mass is 9.88. The molecule has 5 heteroatoms. The molecule has 2 atom stereocenters. The fourth-order valence-corrected chi connectivity index (χ4v) is 3.24. The molecular weight excluding hydrogens is 386 g/mol. The summed E-state index contributed by atoms with van der Waals surface area (Å²) in [5.74, 6) is 0.589. The third-order valence-electron chi connectivity index (χ3n) is 4.56. The zero-order chi connectivity index (χ0) is 20.8. The zero-order valence-corrected chi connectivity index (χ0v) is 17.2. The van der Waals surface area contributed by atoms with Crippen molar-refractivity contribution in [1.29, 1.82) is 0 Å². The highest BCUT2D eigenvalue weighted by molar-refractivity contribution is 6.30. The van der Waals surface area contributed by atoms with E-state index in [0.717, 1.165) is 11.3 Å². The van der Waals surface area contributed by atoms with Crippen LogP contribution in [0.1, 0.15) is 37.1 Å². The van der Waals surface area contributed by atoms with Crippen LogP contribution in [-0.4, -0.2) is 5.97 Å². The molecule has 0 saturated heterocycles. The molecule has 0 radical (unpaired) electrons. The normalized spacial score (nSPS) is 13.0. The molecule has 0 aliphatic carbocycles. The van der Waals surface area contributed by atoms with Gasteiger partial charge in [-0.1, -0.05) is 67.9 Å². The number of carbonyl (C=O) groups is 1. The summed E-state index contributed by atoms with van der Waals surface area (Å²) in [4.78, 5) is 12.9. The van der Waals surface area contributed by atoms with Crippen LogP contribution in [0.3, 0.4) is 0 Å². The average Bonchev–Trinajstić information content (AvgIpc) is 2.70. The van der Waals surface area contributed by atoms with Crippen LogP contribution in [0, 0.1) is 5.92 Å². The number of carbonyl (C=O) groups excluding carboxylic acids is 1. The summed E-state index contributed by atoms with van der Waals surface area (Å²) in [6.45, 7) is 3.95. The van der Waals surface area contributed by atoms with Crippen molar-refractivity contribution in [2.24, 2.45) is 11.7 Å². The average molecular weight is 410 g/mol. The molecule has 0 heterocycles. The summed E-state index contributed by atoms with van der Waals surface area (Å²) >= 11 is 5.96. The molecule has 0 aromatic heterocycles. The van der Waals surface area contributed by atoms with E-state index in [1.807, 2.05) is 74.5 Å². The van der Waals surface area contributed by atoms with Crippen LogP contribution in [0.2, 0.25) is 5.02 Å². The van der Waals surface area contributed by atoms with E-state index in [4.69, 9.17) is 26.8 Å². The number of benzene rings is 3. The van der Waals surface area contributed by atoms with Crippen LogP contribution in [0.5, 0.6) is 11.5 Å². The third-order valence-corrected chi connectivity index (χ3v) is 4.81. The number of rotatable bonds is 7. The quantitative estimate of drug-likeness (QED) is 0.380. The Hall–Kier alpha value is -2.82. The lowest BCUT2D eigenvalue weighted by molar-refractivity contribution is -0.152. The van der Waals surface area contributed by atoms with Gasteiger partial charge in [0.05, 0.1) is 5.92 Å². The van der Waals surface area contributed by atoms with Crippen molar-refractivity contribution < 1.29 is 14.3 Å². The van der Waals surface area contributed by atoms with E-state index < -0.39 is 12.1 Å². The van der Waals surface area contributed by atoms with Crippen LogP contribution >= 0.6 is 11.6 Å². The lowest BCUT2D eigenvalue weighted by Gasteiger charge is -2.23. The first-order valence-corrected chi connectivity index (χ1v) is 9.86. The van der Waals surface area contributed by atoms with Gasteiger partial charge in [0.2, 0.25) is 0 Å². The third kappa shape index (κ3) is 5.59. The number of nitrogens with two attached hydrogens (primary N) is 1. The maximum absolute atomic E-state index is 12.9. The molecule has 0 bridgehead atoms. The SMILES string of the molecule is CC(C)C(C(=O)OC(N)c1cccc(Oc2ccccc2)c1)c1ccc(Cl)cc1. The standard InChI is InChI=1S/C24H24ClNO3/c1-16(2)22(17-11-13-19(25)14-12-17)24(27)29-23(26)18-7-6-10-21(15-18)28-20-8-4-3-5-9-20/h3-16,22-23H,26H2,1-2H3. The van der Waals surface area contributed by atoms with Gasteiger partial charge in [-0.05, 0) is 47.9 Å². The predicted octanol–water partition coefficient (Wildman–Crippen LogP) is 6.07. The van der Waals surface area contributed by atoms with Gasteiger partial charge in [0, 0.05) is 10.6 Å². The Labute approximate surface area is 176 Å². The molecule has 3 aromatic rings. The zero-order valence-electron chi connectivity index (χ0n) is 16.4. The molecule has 2 unspecified atom stereocenters. The molecule has 0 saturated carbocycles. The first kappa shape index (κ1) is 20.9. The molecule has 29 heavy (non-hydrogen) atoms. The predicted molar refractivity (Wildman–Crippen MR) is 115 cm³/mol. The van der Waals surface area contributed by atoms with Crippen molar-refractivity contribution >= 4 is 17.6 Å². The summed E-state index contributed by atoms with van der Waals surface area (Å²) in [6.07, 6.45) is -0.893. The van der Waals surface area contributed by atoms with E-state index in [0.29, 0.717) is 16.3 Å². The van der Waals surface area contributed by atoms with E-state index in [2.05, 4.69) is 0 Å². The highest BCUT2D eigenvalue weighted by atomic mass is 35.5. The number of hydrogen-bond acceptors (Lipinski definition) is 4. The second-order valence-corrected chi connectivity index (χ2v) is 7.55. The minimum absolute atomic E-state index is 0.0450. The summed E-state index contributed by atoms with van der Waals surface area (Å²) in [5, 5.41) is 0.622. The summed E-state index contributed by atoms with van der Waals surface area (Å²) < 4.78 is 11.4. The van der Waals surface area contributed by atoms with Crippen LogP contribution in [0.15, 0.2) is 78.9 Å². The van der Waals surface area contributed by atoms with Gasteiger partial charge in [0.15, 0.2) is 6.23 Å². The van der Waals surface area contributed by atoms with Crippen molar-refractivity contribution in [2.75, 3.05) is 0 Å². The van der Waals surface area contributed by atoms with Crippen molar-refractivity contribution in [2.45, 2.75) is 26.0 Å². The van der Waals surface area contributed by atoms with E-state index in [1.165, 1.54) is 0 Å². The van der Waals surface area contributed by atoms with E-state index in [1.54, 1.807) is 18.2 Å². The fourth-order valence-electron chi connectivity index (χ4n) is 3.11. The van der Waals surface area contributed by atoms with Crippen molar-refractivity contribution in [3.63, 3.8) is 0 Å². The topological polar surface area (TPSA) is 61.5 Å². The van der Waals surface area contributed by atoms with Gasteiger partial charge >= 0.3 is 5.97 Å². The Bertz CT molecular complexity index is 942. The molecule has 3 aromatic carbocycles. The molecular formula is C24H24ClNO3. The van der Waals surface area contributed by atoms with Crippen LogP contribution in [0.4, 0.5) is 0 Å². The lowest BCUT2D eigenvalue weighted by Crippen LogP contribution is -2.26. The Morgan fingerprint density at radius 1 is 0.862 bits per heavy atom. The number of hydrogen-bond donors (Lipinski definition) is 1. The monoisotopic (exact) mass is 409 g/mol. The number of halogens is 1. The summed E-state index contributed by atoms with van der Waals surface area (Å²) in [6, 6.07) is 23.9. The maximum Gasteiger partial charge on any atom is 0.315 e. The molecule has 0 amide bonds. The molecule has 2 N–H and O–H groups in total. The molecule has 0 aliphatic heterocycles. The minimum Gasteiger partial charge on any atom is -0.457 e. The maximum atomic E-state index is 12.9. The smallest absolute Gasteiger partial charge is 0.315 e. The molecule has 4 nitrogen and oxygen atoms in total. The molecule has 0 aliphatic rings. The Morgan fingerprint density at radius 3 is 2.17 bits per heavy atom. The van der Waals surface area contributed by atoms with Gasteiger partial charge in [-0.15, -0.1) is 0 Å². The van der Waals surface area contributed by atoms with Crippen molar-refractivity contribution in [3.05, 3.63) is 95.0 Å². The van der Waals surface area contributed by atoms with E-state index in [9.17, 15) is 4.79 Å². The highest BCUT2D eigenvalue weighted by Gasteiger charge is 2.27. The molecule has 3 rings (SSSR count). The van der Waals surface area contributed by atoms with Crippen molar-refractivity contribution in [1.82, 2.24) is 0 Å². The Balaban J connectivity index is 1.73. The largest absolute Gasteiger partial charge is 0.457 e. The van der Waals surface area contributed by atoms with Gasteiger partial charge in [0.1, 0.15) is 11.5 Å². The van der Waals surface area contributed by atoms with E-state index >= 15 is 0 Å². The summed E-state index contributed by atoms with van der Waals surface area (Å²) in [7, 11) is 0. The second kappa shape index (κ2) is 9.59. The van der Waals surface area contributed by atoms with Gasteiger partial charge in [-0.25, -0.2) is 0 Å². The van der Waals surface area contributed by atoms with Gasteiger partial charge < -0.3 is 9.47 Å². The van der Waals surface area contributed by atoms with Crippen LogP contribution < -0.4 is 10.5 Å². The highest BCUT2D eigenvalue weighted by Crippen LogP contribution is 2.30. The Kier molecular flexibility index (Phi) is 6.91. The van der Waals surface area contributed by atoms with Gasteiger partial charge in [-0.3, -0.25) is 10.5 Å². The number of esters is 1. The second-order valence-electron chi connectivity index (χ2n) is 7.12.